The summed E-state index contributed by atoms with van der Waals surface area (Å²) in [5.74, 6) is 0. The summed E-state index contributed by atoms with van der Waals surface area (Å²) in [6, 6.07) is 78.4. The largest absolute Gasteiger partial charge is 0.310 e. The van der Waals surface area contributed by atoms with Crippen molar-refractivity contribution in [1.82, 2.24) is 0 Å². The first-order chi connectivity index (χ1) is 29.8. The van der Waals surface area contributed by atoms with Crippen molar-refractivity contribution < 1.29 is 0 Å². The van der Waals surface area contributed by atoms with E-state index in [-0.39, 0.29) is 10.8 Å². The van der Waals surface area contributed by atoms with Crippen LogP contribution in [-0.4, -0.2) is 0 Å². The third-order valence-electron chi connectivity index (χ3n) is 13.5. The lowest BCUT2D eigenvalue weighted by molar-refractivity contribution is 0.660. The number of rotatable bonds is 7. The molecule has 0 N–H and O–H groups in total. The standard InChI is InChI=1S/C60H47N/c1-59(2)54-25-11-8-21-50(54)52-37-34-44(39-56(52)59)42-32-35-46(36-33-42)61(57-27-13-10-20-48(57)43-30-28-41(29-31-43)40-16-6-5-7-17-40)47-19-14-18-45(38-47)49-23-15-24-53-51-22-9-12-26-55(51)60(3,4)58(49)53/h5-39H,1-4H3. The Morgan fingerprint density at radius 3 is 1.52 bits per heavy atom. The molecule has 0 unspecified atom stereocenters. The second-order valence-electron chi connectivity index (χ2n) is 17.7. The van der Waals surface area contributed by atoms with Gasteiger partial charge in [-0.2, -0.15) is 0 Å². The summed E-state index contributed by atoms with van der Waals surface area (Å²) in [6.45, 7) is 9.46. The van der Waals surface area contributed by atoms with Gasteiger partial charge in [0.25, 0.3) is 0 Å². The van der Waals surface area contributed by atoms with E-state index in [1.54, 1.807) is 0 Å². The van der Waals surface area contributed by atoms with Crippen LogP contribution < -0.4 is 4.90 Å². The third kappa shape index (κ3) is 5.99. The first-order valence-corrected chi connectivity index (χ1v) is 21.5. The van der Waals surface area contributed by atoms with Gasteiger partial charge in [0.2, 0.25) is 0 Å². The number of hydrogen-bond acceptors (Lipinski definition) is 1. The number of fused-ring (bicyclic) bond motifs is 6. The van der Waals surface area contributed by atoms with Crippen LogP contribution in [-0.2, 0) is 10.8 Å². The van der Waals surface area contributed by atoms with E-state index in [1.807, 2.05) is 0 Å². The lowest BCUT2D eigenvalue weighted by Crippen LogP contribution is -2.16. The molecule has 2 aliphatic rings. The highest BCUT2D eigenvalue weighted by Crippen LogP contribution is 2.53. The van der Waals surface area contributed by atoms with Crippen LogP contribution >= 0.6 is 0 Å². The van der Waals surface area contributed by atoms with Crippen molar-refractivity contribution in [3.8, 4) is 66.8 Å². The molecule has 0 radical (unpaired) electrons. The predicted octanol–water partition coefficient (Wildman–Crippen LogP) is 16.4. The van der Waals surface area contributed by atoms with Crippen molar-refractivity contribution in [2.45, 2.75) is 38.5 Å². The second-order valence-corrected chi connectivity index (χ2v) is 17.7. The molecule has 0 aliphatic heterocycles. The molecular weight excluding hydrogens is 735 g/mol. The number of anilines is 3. The minimum absolute atomic E-state index is 0.0520. The van der Waals surface area contributed by atoms with Gasteiger partial charge in [-0.25, -0.2) is 0 Å². The molecule has 2 aliphatic carbocycles. The topological polar surface area (TPSA) is 3.24 Å². The maximum Gasteiger partial charge on any atom is 0.0540 e. The van der Waals surface area contributed by atoms with Crippen LogP contribution in [0.2, 0.25) is 0 Å². The summed E-state index contributed by atoms with van der Waals surface area (Å²) in [6.07, 6.45) is 0. The average molecular weight is 782 g/mol. The first kappa shape index (κ1) is 36.8. The molecule has 0 bridgehead atoms. The van der Waals surface area contributed by atoms with Crippen molar-refractivity contribution in [3.63, 3.8) is 0 Å². The molecule has 292 valence electrons. The van der Waals surface area contributed by atoms with Gasteiger partial charge in [0, 0.05) is 27.8 Å². The van der Waals surface area contributed by atoms with E-state index in [0.717, 1.165) is 17.1 Å². The van der Waals surface area contributed by atoms with Crippen LogP contribution in [0.25, 0.3) is 66.8 Å². The molecule has 9 aromatic carbocycles. The molecule has 1 heteroatoms. The van der Waals surface area contributed by atoms with Gasteiger partial charge >= 0.3 is 0 Å². The predicted molar refractivity (Wildman–Crippen MR) is 258 cm³/mol. The lowest BCUT2D eigenvalue weighted by atomic mass is 9.79. The van der Waals surface area contributed by atoms with Crippen LogP contribution in [0.5, 0.6) is 0 Å². The van der Waals surface area contributed by atoms with Crippen molar-refractivity contribution in [3.05, 3.63) is 235 Å². The van der Waals surface area contributed by atoms with Crippen LogP contribution in [0.1, 0.15) is 49.9 Å². The van der Waals surface area contributed by atoms with Gasteiger partial charge < -0.3 is 4.90 Å². The Morgan fingerprint density at radius 1 is 0.279 bits per heavy atom. The highest BCUT2D eigenvalue weighted by atomic mass is 15.1. The fourth-order valence-corrected chi connectivity index (χ4v) is 10.4. The van der Waals surface area contributed by atoms with Crippen molar-refractivity contribution in [1.29, 1.82) is 0 Å². The van der Waals surface area contributed by atoms with Gasteiger partial charge in [-0.05, 0) is 120 Å². The molecule has 0 spiro atoms. The highest BCUT2D eigenvalue weighted by molar-refractivity contribution is 5.93. The Kier molecular flexibility index (Phi) is 8.58. The van der Waals surface area contributed by atoms with E-state index >= 15 is 0 Å². The molecule has 0 aromatic heterocycles. The molecule has 9 aromatic rings. The summed E-state index contributed by atoms with van der Waals surface area (Å²) in [4.78, 5) is 2.44. The van der Waals surface area contributed by atoms with Gasteiger partial charge in [0.1, 0.15) is 0 Å². The summed E-state index contributed by atoms with van der Waals surface area (Å²) < 4.78 is 0. The molecule has 0 amide bonds. The van der Waals surface area contributed by atoms with Crippen molar-refractivity contribution in [2.75, 3.05) is 4.90 Å². The maximum absolute atomic E-state index is 2.44. The Morgan fingerprint density at radius 2 is 0.770 bits per heavy atom. The zero-order valence-corrected chi connectivity index (χ0v) is 35.2. The normalized spacial score (nSPS) is 13.8. The van der Waals surface area contributed by atoms with Crippen LogP contribution in [0.4, 0.5) is 17.1 Å². The first-order valence-electron chi connectivity index (χ1n) is 21.5. The minimum atomic E-state index is -0.123. The zero-order valence-electron chi connectivity index (χ0n) is 35.2. The zero-order chi connectivity index (χ0) is 41.3. The van der Waals surface area contributed by atoms with Crippen molar-refractivity contribution >= 4 is 17.1 Å². The van der Waals surface area contributed by atoms with Crippen molar-refractivity contribution in [2.24, 2.45) is 0 Å². The number of para-hydroxylation sites is 1. The lowest BCUT2D eigenvalue weighted by Gasteiger charge is -2.29. The highest BCUT2D eigenvalue weighted by Gasteiger charge is 2.38. The van der Waals surface area contributed by atoms with Gasteiger partial charge in [-0.3, -0.25) is 0 Å². The Balaban J connectivity index is 1.03. The van der Waals surface area contributed by atoms with E-state index in [0.29, 0.717) is 0 Å². The summed E-state index contributed by atoms with van der Waals surface area (Å²) in [5, 5.41) is 0. The van der Waals surface area contributed by atoms with E-state index in [4.69, 9.17) is 0 Å². The minimum Gasteiger partial charge on any atom is -0.310 e. The van der Waals surface area contributed by atoms with Crippen LogP contribution in [0, 0.1) is 0 Å². The molecule has 61 heavy (non-hydrogen) atoms. The molecule has 0 heterocycles. The van der Waals surface area contributed by atoms with E-state index < -0.39 is 0 Å². The molecule has 0 atom stereocenters. The summed E-state index contributed by atoms with van der Waals surface area (Å²) >= 11 is 0. The quantitative estimate of drug-likeness (QED) is 0.156. The Labute approximate surface area is 360 Å². The number of hydrogen-bond donors (Lipinski definition) is 0. The number of benzene rings is 9. The fraction of sp³-hybridized carbons (Fsp3) is 0.100. The monoisotopic (exact) mass is 781 g/mol. The molecule has 0 saturated heterocycles. The number of nitrogens with zero attached hydrogens (tertiary/aromatic N) is 1. The summed E-state index contributed by atoms with van der Waals surface area (Å²) in [7, 11) is 0. The van der Waals surface area contributed by atoms with E-state index in [1.165, 1.54) is 89.0 Å². The Bertz CT molecular complexity index is 3110. The maximum atomic E-state index is 2.44. The smallest absolute Gasteiger partial charge is 0.0540 e. The third-order valence-corrected chi connectivity index (χ3v) is 13.5. The van der Waals surface area contributed by atoms with Gasteiger partial charge in [0.05, 0.1) is 5.69 Å². The molecule has 0 fully saturated rings. The SMILES string of the molecule is CC1(C)c2ccccc2-c2ccc(-c3ccc(N(c4cccc(-c5cccc6c5C(C)(C)c5ccccc5-6)c4)c4ccccc4-c4ccc(-c5ccccc5)cc4)cc3)cc21. The Hall–Kier alpha value is -7.22. The van der Waals surface area contributed by atoms with Crippen LogP contribution in [0.15, 0.2) is 212 Å². The van der Waals surface area contributed by atoms with E-state index in [9.17, 15) is 0 Å². The van der Waals surface area contributed by atoms with Gasteiger partial charge in [-0.1, -0.05) is 204 Å². The van der Waals surface area contributed by atoms with E-state index in [2.05, 4.69) is 245 Å². The summed E-state index contributed by atoms with van der Waals surface area (Å²) in [5.41, 5.74) is 23.8. The fourth-order valence-electron chi connectivity index (χ4n) is 10.4. The van der Waals surface area contributed by atoms with Gasteiger partial charge in [0.15, 0.2) is 0 Å². The second kappa shape index (κ2) is 14.2. The molecular formula is C60H47N. The molecule has 11 rings (SSSR count). The molecule has 1 nitrogen and oxygen atoms in total. The van der Waals surface area contributed by atoms with Crippen LogP contribution in [0.3, 0.4) is 0 Å². The average Bonchev–Trinajstić information content (AvgIpc) is 3.69. The van der Waals surface area contributed by atoms with Gasteiger partial charge in [-0.15, -0.1) is 0 Å². The molecule has 0 saturated carbocycles.